The van der Waals surface area contributed by atoms with E-state index in [0.29, 0.717) is 6.42 Å². The molecule has 3 heterocycles. The minimum atomic E-state index is -3.00. The Bertz CT molecular complexity index is 1150. The monoisotopic (exact) mass is 408 g/mol. The molecule has 0 amide bonds. The quantitative estimate of drug-likeness (QED) is 0.663. The molecule has 29 heavy (non-hydrogen) atoms. The third-order valence-electron chi connectivity index (χ3n) is 5.89. The topological polar surface area (TPSA) is 66.4 Å². The van der Waals surface area contributed by atoms with E-state index in [0.717, 1.165) is 49.8 Å². The molecule has 0 aliphatic carbocycles. The fourth-order valence-corrected chi connectivity index (χ4v) is 5.60. The van der Waals surface area contributed by atoms with Crippen molar-refractivity contribution in [2.75, 3.05) is 36.8 Å². The van der Waals surface area contributed by atoms with Gasteiger partial charge in [0.05, 0.1) is 17.2 Å². The van der Waals surface area contributed by atoms with Crippen LogP contribution < -0.4 is 4.90 Å². The Balaban J connectivity index is 1.24. The molecular weight excluding hydrogens is 384 g/mol. The molecule has 150 valence electrons. The Morgan fingerprint density at radius 2 is 1.69 bits per heavy atom. The molecule has 2 aromatic carbocycles. The number of hydrogen-bond donors (Lipinski definition) is 0. The van der Waals surface area contributed by atoms with Crippen LogP contribution in [0.3, 0.4) is 0 Å². The highest BCUT2D eigenvalue weighted by atomic mass is 32.2. The summed E-state index contributed by atoms with van der Waals surface area (Å²) in [5.41, 5.74) is 2.98. The maximum atomic E-state index is 11.9. The number of anilines is 1. The van der Waals surface area contributed by atoms with E-state index in [1.165, 1.54) is 16.3 Å². The molecule has 0 saturated carbocycles. The van der Waals surface area contributed by atoms with Crippen LogP contribution in [-0.2, 0) is 28.6 Å². The molecule has 0 radical (unpaired) electrons. The van der Waals surface area contributed by atoms with Crippen molar-refractivity contribution < 1.29 is 8.42 Å². The molecule has 0 N–H and O–H groups in total. The second kappa shape index (κ2) is 7.39. The van der Waals surface area contributed by atoms with E-state index in [1.807, 2.05) is 6.07 Å². The van der Waals surface area contributed by atoms with E-state index >= 15 is 0 Å². The molecule has 7 heteroatoms. The van der Waals surface area contributed by atoms with Crippen molar-refractivity contribution in [3.8, 4) is 0 Å². The third kappa shape index (κ3) is 3.97. The Morgan fingerprint density at radius 3 is 2.52 bits per heavy atom. The smallest absolute Gasteiger partial charge is 0.154 e. The molecule has 6 nitrogen and oxygen atoms in total. The van der Waals surface area contributed by atoms with Crippen LogP contribution in [0.5, 0.6) is 0 Å². The average Bonchev–Trinajstić information content (AvgIpc) is 2.73. The highest BCUT2D eigenvalue weighted by molar-refractivity contribution is 7.90. The number of aromatic nitrogens is 2. The normalized spacial score (nSPS) is 19.2. The maximum Gasteiger partial charge on any atom is 0.154 e. The van der Waals surface area contributed by atoms with Gasteiger partial charge in [0.25, 0.3) is 0 Å². The number of aryl methyl sites for hydroxylation is 1. The van der Waals surface area contributed by atoms with Crippen LogP contribution in [-0.4, -0.2) is 55.4 Å². The van der Waals surface area contributed by atoms with E-state index in [9.17, 15) is 8.42 Å². The highest BCUT2D eigenvalue weighted by Gasteiger charge is 2.25. The maximum absolute atomic E-state index is 11.9. The molecule has 0 atom stereocenters. The average molecular weight is 409 g/mol. The van der Waals surface area contributed by atoms with E-state index in [4.69, 9.17) is 0 Å². The summed E-state index contributed by atoms with van der Waals surface area (Å²) in [6.07, 6.45) is 0.477. The zero-order valence-electron chi connectivity index (χ0n) is 16.3. The van der Waals surface area contributed by atoms with Gasteiger partial charge in [0.15, 0.2) is 15.7 Å². The van der Waals surface area contributed by atoms with E-state index < -0.39 is 9.84 Å². The Kier molecular flexibility index (Phi) is 4.72. The molecule has 1 aromatic heterocycles. The van der Waals surface area contributed by atoms with Gasteiger partial charge in [-0.3, -0.25) is 4.90 Å². The zero-order chi connectivity index (χ0) is 19.8. The zero-order valence-corrected chi connectivity index (χ0v) is 17.1. The summed E-state index contributed by atoms with van der Waals surface area (Å²) in [5, 5.41) is 11.2. The Morgan fingerprint density at radius 1 is 0.897 bits per heavy atom. The molecule has 2 aliphatic rings. The van der Waals surface area contributed by atoms with Gasteiger partial charge >= 0.3 is 0 Å². The van der Waals surface area contributed by atoms with Crippen LogP contribution in [0.4, 0.5) is 5.82 Å². The van der Waals surface area contributed by atoms with Gasteiger partial charge in [-0.25, -0.2) is 8.42 Å². The van der Waals surface area contributed by atoms with Gasteiger partial charge in [-0.15, -0.1) is 5.10 Å². The molecule has 2 aliphatic heterocycles. The standard InChI is InChI=1S/C22H24N4O2S/c27-29(28)12-7-21-20(16-29)14-22(24-23-21)26-10-8-25(9-11-26)15-17-5-6-18-3-1-2-4-19(18)13-17/h1-6,13-14H,7-12,15-16H2. The van der Waals surface area contributed by atoms with E-state index in [-0.39, 0.29) is 11.5 Å². The van der Waals surface area contributed by atoms with Crippen LogP contribution in [0.1, 0.15) is 16.8 Å². The van der Waals surface area contributed by atoms with Gasteiger partial charge in [0.1, 0.15) is 0 Å². The SMILES string of the molecule is O=S1(=O)CCc2nnc(N3CCN(Cc4ccc5ccccc5c4)CC3)cc2C1. The molecule has 3 aromatic rings. The first-order valence-electron chi connectivity index (χ1n) is 10.1. The number of hydrogen-bond acceptors (Lipinski definition) is 6. The number of sulfone groups is 1. The lowest BCUT2D eigenvalue weighted by molar-refractivity contribution is 0.249. The summed E-state index contributed by atoms with van der Waals surface area (Å²) < 4.78 is 23.9. The lowest BCUT2D eigenvalue weighted by Crippen LogP contribution is -2.46. The number of benzene rings is 2. The lowest BCUT2D eigenvalue weighted by Gasteiger charge is -2.35. The number of piperazine rings is 1. The first-order chi connectivity index (χ1) is 14.1. The van der Waals surface area contributed by atoms with Crippen molar-refractivity contribution in [3.05, 3.63) is 65.4 Å². The van der Waals surface area contributed by atoms with Crippen molar-refractivity contribution in [2.45, 2.75) is 18.7 Å². The second-order valence-electron chi connectivity index (χ2n) is 7.96. The van der Waals surface area contributed by atoms with Crippen LogP contribution in [0.2, 0.25) is 0 Å². The van der Waals surface area contributed by atoms with Crippen LogP contribution in [0.15, 0.2) is 48.5 Å². The number of rotatable bonds is 3. The lowest BCUT2D eigenvalue weighted by atomic mass is 10.1. The molecular formula is C22H24N4O2S. The highest BCUT2D eigenvalue weighted by Crippen LogP contribution is 2.23. The minimum absolute atomic E-state index is 0.0901. The van der Waals surface area contributed by atoms with E-state index in [2.05, 4.69) is 62.5 Å². The largest absolute Gasteiger partial charge is 0.353 e. The molecule has 1 fully saturated rings. The van der Waals surface area contributed by atoms with Crippen LogP contribution >= 0.6 is 0 Å². The Hall–Kier alpha value is -2.51. The van der Waals surface area contributed by atoms with Crippen LogP contribution in [0.25, 0.3) is 10.8 Å². The van der Waals surface area contributed by atoms with Gasteiger partial charge in [0, 0.05) is 39.1 Å². The van der Waals surface area contributed by atoms with Gasteiger partial charge < -0.3 is 4.90 Å². The summed E-state index contributed by atoms with van der Waals surface area (Å²) in [4.78, 5) is 4.67. The molecule has 0 bridgehead atoms. The van der Waals surface area contributed by atoms with Gasteiger partial charge in [-0.1, -0.05) is 36.4 Å². The first kappa shape index (κ1) is 18.5. The van der Waals surface area contributed by atoms with Crippen LogP contribution in [0, 0.1) is 0 Å². The van der Waals surface area contributed by atoms with Crippen molar-refractivity contribution in [1.82, 2.24) is 15.1 Å². The van der Waals surface area contributed by atoms with Crippen molar-refractivity contribution in [2.24, 2.45) is 0 Å². The predicted octanol–water partition coefficient (Wildman–Crippen LogP) is 2.42. The van der Waals surface area contributed by atoms with E-state index in [1.54, 1.807) is 0 Å². The van der Waals surface area contributed by atoms with Crippen molar-refractivity contribution in [1.29, 1.82) is 0 Å². The number of nitrogens with zero attached hydrogens (tertiary/aromatic N) is 4. The first-order valence-corrected chi connectivity index (χ1v) is 11.9. The predicted molar refractivity (Wildman–Crippen MR) is 115 cm³/mol. The molecule has 0 spiro atoms. The van der Waals surface area contributed by atoms with Gasteiger partial charge in [0.2, 0.25) is 0 Å². The molecule has 5 rings (SSSR count). The number of fused-ring (bicyclic) bond motifs is 2. The summed E-state index contributed by atoms with van der Waals surface area (Å²) in [6, 6.07) is 17.1. The minimum Gasteiger partial charge on any atom is -0.353 e. The summed E-state index contributed by atoms with van der Waals surface area (Å²) in [6.45, 7) is 4.57. The summed E-state index contributed by atoms with van der Waals surface area (Å²) >= 11 is 0. The summed E-state index contributed by atoms with van der Waals surface area (Å²) in [7, 11) is -3.00. The molecule has 0 unspecified atom stereocenters. The fraction of sp³-hybridized carbons (Fsp3) is 0.364. The fourth-order valence-electron chi connectivity index (χ4n) is 4.23. The van der Waals surface area contributed by atoms with Gasteiger partial charge in [-0.2, -0.15) is 5.10 Å². The Labute approximate surface area is 171 Å². The summed E-state index contributed by atoms with van der Waals surface area (Å²) in [5.74, 6) is 1.07. The van der Waals surface area contributed by atoms with Crippen molar-refractivity contribution in [3.63, 3.8) is 0 Å². The second-order valence-corrected chi connectivity index (χ2v) is 10.1. The molecule has 1 saturated heterocycles. The third-order valence-corrected chi connectivity index (χ3v) is 7.47. The van der Waals surface area contributed by atoms with Crippen molar-refractivity contribution >= 4 is 26.4 Å². The van der Waals surface area contributed by atoms with Gasteiger partial charge in [-0.05, 0) is 34.0 Å².